The molecule has 0 atom stereocenters. The van der Waals surface area contributed by atoms with Crippen molar-refractivity contribution in [1.82, 2.24) is 15.1 Å². The number of nitrogens with zero attached hydrogens (tertiary/aromatic N) is 2. The molecule has 3 nitrogen and oxygen atoms in total. The molecule has 0 bridgehead atoms. The van der Waals surface area contributed by atoms with Gasteiger partial charge in [-0.15, -0.1) is 12.4 Å². The standard InChI is InChI=1S/C8H12F3N3.ClH/c1-6-5-7(8(9,10)11)13-14(6)4-3-12-2;/h5,12H,3-4H2,1-2H3;1H. The summed E-state index contributed by atoms with van der Waals surface area (Å²) in [5.41, 5.74) is -0.307. The van der Waals surface area contributed by atoms with Crippen LogP contribution in [-0.4, -0.2) is 23.4 Å². The summed E-state index contributed by atoms with van der Waals surface area (Å²) in [6, 6.07) is 1.05. The van der Waals surface area contributed by atoms with Gasteiger partial charge in [0.25, 0.3) is 0 Å². The molecule has 1 heterocycles. The van der Waals surface area contributed by atoms with Gasteiger partial charge in [-0.25, -0.2) is 0 Å². The van der Waals surface area contributed by atoms with Crippen molar-refractivity contribution in [3.63, 3.8) is 0 Å². The second-order valence-electron chi connectivity index (χ2n) is 3.00. The quantitative estimate of drug-likeness (QED) is 0.878. The lowest BCUT2D eigenvalue weighted by atomic mass is 10.4. The summed E-state index contributed by atoms with van der Waals surface area (Å²) in [5, 5.41) is 6.32. The van der Waals surface area contributed by atoms with Crippen molar-refractivity contribution in [3.05, 3.63) is 17.5 Å². The summed E-state index contributed by atoms with van der Waals surface area (Å²) in [4.78, 5) is 0. The van der Waals surface area contributed by atoms with Crippen LogP contribution in [0.15, 0.2) is 6.07 Å². The minimum Gasteiger partial charge on any atom is -0.318 e. The largest absolute Gasteiger partial charge is 0.435 e. The van der Waals surface area contributed by atoms with Crippen LogP contribution in [-0.2, 0) is 12.7 Å². The Morgan fingerprint density at radius 1 is 1.47 bits per heavy atom. The normalized spacial score (nSPS) is 11.3. The Kier molecular flexibility index (Phi) is 5.10. The molecule has 0 radical (unpaired) electrons. The van der Waals surface area contributed by atoms with Gasteiger partial charge in [0.1, 0.15) is 0 Å². The number of halogens is 4. The SMILES string of the molecule is CNCCn1nc(C(F)(F)F)cc1C.Cl. The van der Waals surface area contributed by atoms with Gasteiger partial charge in [0.2, 0.25) is 0 Å². The van der Waals surface area contributed by atoms with Crippen molar-refractivity contribution in [2.24, 2.45) is 0 Å². The van der Waals surface area contributed by atoms with Crippen LogP contribution in [0.2, 0.25) is 0 Å². The van der Waals surface area contributed by atoms with Crippen molar-refractivity contribution < 1.29 is 13.2 Å². The predicted octanol–water partition coefficient (Wildman–Crippen LogP) is 1.85. The molecule has 88 valence electrons. The van der Waals surface area contributed by atoms with Gasteiger partial charge < -0.3 is 5.32 Å². The molecule has 1 rings (SSSR count). The maximum atomic E-state index is 12.2. The second kappa shape index (κ2) is 5.37. The maximum absolute atomic E-state index is 12.2. The van der Waals surface area contributed by atoms with Crippen molar-refractivity contribution in [3.8, 4) is 0 Å². The first-order valence-corrected chi connectivity index (χ1v) is 4.21. The van der Waals surface area contributed by atoms with Gasteiger partial charge >= 0.3 is 6.18 Å². The van der Waals surface area contributed by atoms with Gasteiger partial charge in [-0.2, -0.15) is 18.3 Å². The van der Waals surface area contributed by atoms with Crippen molar-refractivity contribution in [1.29, 1.82) is 0 Å². The summed E-state index contributed by atoms with van der Waals surface area (Å²) < 4.78 is 38.0. The maximum Gasteiger partial charge on any atom is 0.435 e. The lowest BCUT2D eigenvalue weighted by Gasteiger charge is -2.03. The number of hydrogen-bond acceptors (Lipinski definition) is 2. The molecule has 0 saturated carbocycles. The van der Waals surface area contributed by atoms with Gasteiger partial charge in [-0.3, -0.25) is 4.68 Å². The molecule has 15 heavy (non-hydrogen) atoms. The Balaban J connectivity index is 0.00000196. The molecule has 0 aliphatic carbocycles. The summed E-state index contributed by atoms with van der Waals surface area (Å²) in [6.45, 7) is 2.65. The fraction of sp³-hybridized carbons (Fsp3) is 0.625. The van der Waals surface area contributed by atoms with E-state index < -0.39 is 11.9 Å². The van der Waals surface area contributed by atoms with Crippen LogP contribution < -0.4 is 5.32 Å². The first kappa shape index (κ1) is 14.2. The van der Waals surface area contributed by atoms with E-state index in [9.17, 15) is 13.2 Å². The van der Waals surface area contributed by atoms with Gasteiger partial charge in [-0.05, 0) is 20.0 Å². The molecular weight excluding hydrogens is 231 g/mol. The third kappa shape index (κ3) is 3.71. The molecule has 0 saturated heterocycles. The molecule has 0 spiro atoms. The van der Waals surface area contributed by atoms with E-state index in [1.807, 2.05) is 0 Å². The Bertz CT molecular complexity index is 309. The Morgan fingerprint density at radius 2 is 2.07 bits per heavy atom. The molecule has 0 amide bonds. The lowest BCUT2D eigenvalue weighted by molar-refractivity contribution is -0.141. The molecule has 1 N–H and O–H groups in total. The zero-order valence-electron chi connectivity index (χ0n) is 8.43. The van der Waals surface area contributed by atoms with E-state index in [2.05, 4.69) is 10.4 Å². The number of hydrogen-bond donors (Lipinski definition) is 1. The van der Waals surface area contributed by atoms with Gasteiger partial charge in [0.15, 0.2) is 5.69 Å². The van der Waals surface area contributed by atoms with E-state index >= 15 is 0 Å². The molecule has 0 unspecified atom stereocenters. The molecule has 1 aromatic rings. The molecule has 0 aromatic carbocycles. The Hall–Kier alpha value is -0.750. The number of rotatable bonds is 3. The number of likely N-dealkylation sites (N-methyl/N-ethyl adjacent to an activating group) is 1. The number of nitrogens with one attached hydrogen (secondary N) is 1. The minimum absolute atomic E-state index is 0. The first-order chi connectivity index (χ1) is 6.45. The molecule has 7 heteroatoms. The van der Waals surface area contributed by atoms with Crippen LogP contribution in [0.25, 0.3) is 0 Å². The van der Waals surface area contributed by atoms with E-state index in [-0.39, 0.29) is 12.4 Å². The number of aryl methyl sites for hydroxylation is 1. The van der Waals surface area contributed by atoms with E-state index in [0.29, 0.717) is 18.8 Å². The smallest absolute Gasteiger partial charge is 0.318 e. The highest BCUT2D eigenvalue weighted by Crippen LogP contribution is 2.28. The zero-order valence-corrected chi connectivity index (χ0v) is 9.24. The molecular formula is C8H13ClF3N3. The Labute approximate surface area is 92.1 Å². The topological polar surface area (TPSA) is 29.9 Å². The second-order valence-corrected chi connectivity index (χ2v) is 3.00. The molecule has 0 aliphatic rings. The average Bonchev–Trinajstić information content (AvgIpc) is 2.43. The summed E-state index contributed by atoms with van der Waals surface area (Å²) in [6.07, 6.45) is -4.35. The monoisotopic (exact) mass is 243 g/mol. The fourth-order valence-corrected chi connectivity index (χ4v) is 1.09. The summed E-state index contributed by atoms with van der Waals surface area (Å²) in [7, 11) is 1.74. The van der Waals surface area contributed by atoms with E-state index in [1.165, 1.54) is 4.68 Å². The summed E-state index contributed by atoms with van der Waals surface area (Å²) in [5.74, 6) is 0. The van der Waals surface area contributed by atoms with Crippen LogP contribution in [0.3, 0.4) is 0 Å². The van der Waals surface area contributed by atoms with Gasteiger partial charge in [0, 0.05) is 12.2 Å². The molecule has 0 aliphatic heterocycles. The van der Waals surface area contributed by atoms with Crippen LogP contribution in [0.4, 0.5) is 13.2 Å². The molecule has 1 aromatic heterocycles. The third-order valence-electron chi connectivity index (χ3n) is 1.85. The van der Waals surface area contributed by atoms with Crippen molar-refractivity contribution >= 4 is 12.4 Å². The highest BCUT2D eigenvalue weighted by Gasteiger charge is 2.34. The van der Waals surface area contributed by atoms with Gasteiger partial charge in [-0.1, -0.05) is 0 Å². The van der Waals surface area contributed by atoms with E-state index in [1.54, 1.807) is 14.0 Å². The van der Waals surface area contributed by atoms with Gasteiger partial charge in [0.05, 0.1) is 6.54 Å². The predicted molar refractivity (Wildman–Crippen MR) is 53.1 cm³/mol. The first-order valence-electron chi connectivity index (χ1n) is 4.21. The fourth-order valence-electron chi connectivity index (χ4n) is 1.09. The van der Waals surface area contributed by atoms with E-state index in [4.69, 9.17) is 0 Å². The lowest BCUT2D eigenvalue weighted by Crippen LogP contribution is -2.17. The third-order valence-corrected chi connectivity index (χ3v) is 1.85. The highest BCUT2D eigenvalue weighted by atomic mass is 35.5. The average molecular weight is 244 g/mol. The van der Waals surface area contributed by atoms with Crippen LogP contribution in [0.1, 0.15) is 11.4 Å². The highest BCUT2D eigenvalue weighted by molar-refractivity contribution is 5.85. The number of alkyl halides is 3. The minimum atomic E-state index is -4.35. The zero-order chi connectivity index (χ0) is 10.8. The summed E-state index contributed by atoms with van der Waals surface area (Å²) >= 11 is 0. The van der Waals surface area contributed by atoms with Crippen molar-refractivity contribution in [2.45, 2.75) is 19.6 Å². The van der Waals surface area contributed by atoms with Crippen LogP contribution in [0, 0.1) is 6.92 Å². The van der Waals surface area contributed by atoms with Crippen LogP contribution in [0.5, 0.6) is 0 Å². The van der Waals surface area contributed by atoms with Crippen molar-refractivity contribution in [2.75, 3.05) is 13.6 Å². The number of aromatic nitrogens is 2. The molecule has 0 fully saturated rings. The Morgan fingerprint density at radius 3 is 2.47 bits per heavy atom. The van der Waals surface area contributed by atoms with E-state index in [0.717, 1.165) is 6.07 Å². The van der Waals surface area contributed by atoms with Crippen LogP contribution >= 0.6 is 12.4 Å².